The standard InChI is InChI=1S/C34H57F/c1-13-30(29-15-17-32(9,10)18-16-29)24(4)21-23(3)27(7)28(8)31(14-2)34(19-20-34)26(6)22-25(5)33(11,12)35/h14,21,23,25-26,29-30H,2,7,13,15-20,22H2,1,3-6,8-12H3/b24-21+,31-28+. The Balaban J connectivity index is 2.19. The van der Waals surface area contributed by atoms with Crippen molar-refractivity contribution in [1.82, 2.24) is 0 Å². The van der Waals surface area contributed by atoms with Crippen LogP contribution in [0, 0.1) is 40.4 Å². The van der Waals surface area contributed by atoms with E-state index in [1.165, 1.54) is 61.7 Å². The van der Waals surface area contributed by atoms with Crippen molar-refractivity contribution >= 4 is 0 Å². The van der Waals surface area contributed by atoms with Gasteiger partial charge in [0.25, 0.3) is 0 Å². The van der Waals surface area contributed by atoms with Crippen molar-refractivity contribution in [3.05, 3.63) is 47.6 Å². The monoisotopic (exact) mass is 484 g/mol. The van der Waals surface area contributed by atoms with Gasteiger partial charge in [0.1, 0.15) is 5.67 Å². The van der Waals surface area contributed by atoms with Gasteiger partial charge in [-0.15, -0.1) is 0 Å². The van der Waals surface area contributed by atoms with Crippen LogP contribution in [0.1, 0.15) is 121 Å². The molecule has 0 radical (unpaired) electrons. The molecule has 0 aromatic rings. The first-order chi connectivity index (χ1) is 16.1. The molecule has 2 rings (SSSR count). The molecule has 2 aliphatic rings. The van der Waals surface area contributed by atoms with E-state index < -0.39 is 5.67 Å². The van der Waals surface area contributed by atoms with E-state index in [-0.39, 0.29) is 11.3 Å². The van der Waals surface area contributed by atoms with Crippen LogP contribution >= 0.6 is 0 Å². The van der Waals surface area contributed by atoms with Gasteiger partial charge < -0.3 is 0 Å². The lowest BCUT2D eigenvalue weighted by molar-refractivity contribution is 0.108. The minimum atomic E-state index is -1.14. The van der Waals surface area contributed by atoms with Gasteiger partial charge in [0.2, 0.25) is 0 Å². The van der Waals surface area contributed by atoms with Gasteiger partial charge in [0, 0.05) is 0 Å². The van der Waals surface area contributed by atoms with Gasteiger partial charge in [-0.25, -0.2) is 4.39 Å². The summed E-state index contributed by atoms with van der Waals surface area (Å²) in [6.45, 7) is 30.8. The highest BCUT2D eigenvalue weighted by Crippen LogP contribution is 2.61. The number of alkyl halides is 1. The quantitative estimate of drug-likeness (QED) is 0.191. The van der Waals surface area contributed by atoms with Crippen LogP contribution in [0.3, 0.4) is 0 Å². The van der Waals surface area contributed by atoms with Crippen molar-refractivity contribution in [2.75, 3.05) is 0 Å². The zero-order valence-corrected chi connectivity index (χ0v) is 25.0. The van der Waals surface area contributed by atoms with Gasteiger partial charge in [-0.2, -0.15) is 0 Å². The van der Waals surface area contributed by atoms with E-state index in [1.54, 1.807) is 19.4 Å². The highest BCUT2D eigenvalue weighted by atomic mass is 19.1. The van der Waals surface area contributed by atoms with Crippen molar-refractivity contribution in [2.45, 2.75) is 126 Å². The Morgan fingerprint density at radius 3 is 2.03 bits per heavy atom. The van der Waals surface area contributed by atoms with Crippen LogP contribution in [0.15, 0.2) is 47.6 Å². The normalized spacial score (nSPS) is 24.7. The lowest BCUT2D eigenvalue weighted by Crippen LogP contribution is -2.28. The molecule has 4 unspecified atom stereocenters. The summed E-state index contributed by atoms with van der Waals surface area (Å²) in [6, 6.07) is 0. The molecule has 4 atom stereocenters. The molecule has 0 nitrogen and oxygen atoms in total. The fourth-order valence-corrected chi connectivity index (χ4v) is 6.91. The summed E-state index contributed by atoms with van der Waals surface area (Å²) < 4.78 is 14.6. The topological polar surface area (TPSA) is 0 Å². The van der Waals surface area contributed by atoms with Crippen LogP contribution < -0.4 is 0 Å². The summed E-state index contributed by atoms with van der Waals surface area (Å²) in [5.41, 5.74) is 4.96. The Morgan fingerprint density at radius 1 is 1.06 bits per heavy atom. The van der Waals surface area contributed by atoms with Gasteiger partial charge in [0.05, 0.1) is 0 Å². The average Bonchev–Trinajstić information content (AvgIpc) is 3.56. The zero-order chi connectivity index (χ0) is 26.8. The van der Waals surface area contributed by atoms with Crippen LogP contribution in [-0.2, 0) is 0 Å². The zero-order valence-electron chi connectivity index (χ0n) is 25.0. The molecule has 0 aromatic carbocycles. The van der Waals surface area contributed by atoms with Crippen molar-refractivity contribution in [3.8, 4) is 0 Å². The number of rotatable bonds is 12. The van der Waals surface area contributed by atoms with E-state index >= 15 is 0 Å². The second-order valence-corrected chi connectivity index (χ2v) is 13.7. The summed E-state index contributed by atoms with van der Waals surface area (Å²) in [4.78, 5) is 0. The van der Waals surface area contributed by atoms with Crippen LogP contribution in [0.25, 0.3) is 0 Å². The molecule has 2 saturated carbocycles. The van der Waals surface area contributed by atoms with Gasteiger partial charge >= 0.3 is 0 Å². The molecule has 35 heavy (non-hydrogen) atoms. The smallest absolute Gasteiger partial charge is 0.108 e. The van der Waals surface area contributed by atoms with Crippen molar-refractivity contribution < 1.29 is 4.39 Å². The Bertz CT molecular complexity index is 800. The molecule has 200 valence electrons. The third-order valence-electron chi connectivity index (χ3n) is 10.3. The molecule has 2 fully saturated rings. The molecular weight excluding hydrogens is 427 g/mol. The Labute approximate surface area is 218 Å². The first-order valence-electron chi connectivity index (χ1n) is 14.5. The second kappa shape index (κ2) is 11.5. The predicted molar refractivity (Wildman–Crippen MR) is 154 cm³/mol. The first-order valence-corrected chi connectivity index (χ1v) is 14.5. The van der Waals surface area contributed by atoms with Crippen molar-refractivity contribution in [1.29, 1.82) is 0 Å². The summed E-state index contributed by atoms with van der Waals surface area (Å²) in [6.07, 6.45) is 14.5. The highest BCUT2D eigenvalue weighted by Gasteiger charge is 2.50. The third kappa shape index (κ3) is 7.23. The fraction of sp³-hybridized carbons (Fsp3) is 0.765. The summed E-state index contributed by atoms with van der Waals surface area (Å²) in [5.74, 6) is 2.31. The molecule has 0 aromatic heterocycles. The lowest BCUT2D eigenvalue weighted by Gasteiger charge is -2.38. The lowest BCUT2D eigenvalue weighted by atomic mass is 9.67. The number of hydrogen-bond acceptors (Lipinski definition) is 0. The minimum Gasteiger partial charge on any atom is -0.244 e. The van der Waals surface area contributed by atoms with Gasteiger partial charge in [0.15, 0.2) is 0 Å². The van der Waals surface area contributed by atoms with Crippen LogP contribution in [-0.4, -0.2) is 5.67 Å². The van der Waals surface area contributed by atoms with E-state index in [9.17, 15) is 4.39 Å². The Kier molecular flexibility index (Phi) is 9.91. The molecule has 0 saturated heterocycles. The molecular formula is C34H57F. The molecule has 0 aliphatic heterocycles. The maximum atomic E-state index is 14.6. The molecule has 0 bridgehead atoms. The number of hydrogen-bond donors (Lipinski definition) is 0. The Morgan fingerprint density at radius 2 is 1.60 bits per heavy atom. The van der Waals surface area contributed by atoms with Crippen LogP contribution in [0.4, 0.5) is 4.39 Å². The summed E-state index contributed by atoms with van der Waals surface area (Å²) in [7, 11) is 0. The molecule has 0 N–H and O–H groups in total. The maximum absolute atomic E-state index is 14.6. The molecule has 0 amide bonds. The van der Waals surface area contributed by atoms with Crippen LogP contribution in [0.5, 0.6) is 0 Å². The highest BCUT2D eigenvalue weighted by molar-refractivity contribution is 5.45. The third-order valence-corrected chi connectivity index (χ3v) is 10.3. The molecule has 0 heterocycles. The van der Waals surface area contributed by atoms with Crippen molar-refractivity contribution in [3.63, 3.8) is 0 Å². The largest absolute Gasteiger partial charge is 0.244 e. The SMILES string of the molecule is C=C/C(=C(/C)C(=C)C(C)/C=C(\C)C(CC)C1CCC(C)(C)CC1)C1(C(C)CC(C)C(C)(C)F)CC1. The molecule has 2 aliphatic carbocycles. The summed E-state index contributed by atoms with van der Waals surface area (Å²) in [5, 5.41) is 0. The minimum absolute atomic E-state index is 0.0467. The van der Waals surface area contributed by atoms with Gasteiger partial charge in [-0.05, 0) is 136 Å². The fourth-order valence-electron chi connectivity index (χ4n) is 6.91. The van der Waals surface area contributed by atoms with Crippen molar-refractivity contribution in [2.24, 2.45) is 40.4 Å². The molecule has 1 heteroatoms. The Hall–Kier alpha value is -1.11. The van der Waals surface area contributed by atoms with E-state index in [1.807, 2.05) is 0 Å². The number of allylic oxidation sites excluding steroid dienone is 6. The first kappa shape index (κ1) is 30.1. The van der Waals surface area contributed by atoms with Crippen LogP contribution in [0.2, 0.25) is 0 Å². The predicted octanol–water partition coefficient (Wildman–Crippen LogP) is 11.1. The summed E-state index contributed by atoms with van der Waals surface area (Å²) >= 11 is 0. The van der Waals surface area contributed by atoms with E-state index in [2.05, 4.69) is 80.7 Å². The second-order valence-electron chi connectivity index (χ2n) is 13.7. The molecule has 0 spiro atoms. The average molecular weight is 485 g/mol. The van der Waals surface area contributed by atoms with E-state index in [0.29, 0.717) is 23.2 Å². The maximum Gasteiger partial charge on any atom is 0.108 e. The number of halogens is 1. The van der Waals surface area contributed by atoms with Gasteiger partial charge in [-0.3, -0.25) is 0 Å². The van der Waals surface area contributed by atoms with E-state index in [0.717, 1.165) is 12.3 Å². The van der Waals surface area contributed by atoms with Gasteiger partial charge in [-0.1, -0.05) is 72.4 Å². The van der Waals surface area contributed by atoms with E-state index in [4.69, 9.17) is 0 Å².